The van der Waals surface area contributed by atoms with Gasteiger partial charge in [-0.05, 0) is 38.8 Å². The summed E-state index contributed by atoms with van der Waals surface area (Å²) in [6.07, 6.45) is 6.15. The van der Waals surface area contributed by atoms with Crippen molar-refractivity contribution in [2.24, 2.45) is 0 Å². The van der Waals surface area contributed by atoms with Gasteiger partial charge in [-0.2, -0.15) is 0 Å². The Balaban J connectivity index is 1.98. The van der Waals surface area contributed by atoms with Crippen LogP contribution in [0.3, 0.4) is 0 Å². The molecule has 3 heterocycles. The average Bonchev–Trinajstić information content (AvgIpc) is 2.74. The first kappa shape index (κ1) is 16.5. The quantitative estimate of drug-likeness (QED) is 0.941. The molecular weight excluding hydrogens is 304 g/mol. The number of carbonyl (C=O) groups is 2. The largest absolute Gasteiger partial charge is 0.347 e. The maximum absolute atomic E-state index is 12.9. The first-order valence-electron chi connectivity index (χ1n) is 8.65. The lowest BCUT2D eigenvalue weighted by Gasteiger charge is -2.19. The van der Waals surface area contributed by atoms with Gasteiger partial charge in [-0.15, -0.1) is 0 Å². The van der Waals surface area contributed by atoms with Crippen LogP contribution in [0.15, 0.2) is 24.4 Å². The minimum atomic E-state index is -0.263. The molecule has 1 saturated heterocycles. The third kappa shape index (κ3) is 3.27. The molecular formula is C18H24N4O2. The van der Waals surface area contributed by atoms with E-state index in [-0.39, 0.29) is 23.7 Å². The summed E-state index contributed by atoms with van der Waals surface area (Å²) >= 11 is 0. The van der Waals surface area contributed by atoms with E-state index in [9.17, 15) is 9.59 Å². The first-order valence-corrected chi connectivity index (χ1v) is 8.65. The molecule has 1 N–H and O–H groups in total. The van der Waals surface area contributed by atoms with Crippen molar-refractivity contribution in [2.45, 2.75) is 45.6 Å². The lowest BCUT2D eigenvalue weighted by Crippen LogP contribution is -2.33. The molecule has 0 spiro atoms. The molecule has 0 aliphatic carbocycles. The zero-order chi connectivity index (χ0) is 17.1. The molecule has 1 aliphatic heterocycles. The lowest BCUT2D eigenvalue weighted by atomic mass is 10.2. The third-order valence-electron chi connectivity index (χ3n) is 4.27. The fourth-order valence-electron chi connectivity index (χ4n) is 3.11. The van der Waals surface area contributed by atoms with Gasteiger partial charge in [0.25, 0.3) is 11.8 Å². The summed E-state index contributed by atoms with van der Waals surface area (Å²) in [5.41, 5.74) is 1.05. The van der Waals surface area contributed by atoms with Crippen molar-refractivity contribution in [1.82, 2.24) is 19.6 Å². The number of hydrogen-bond donors (Lipinski definition) is 1. The van der Waals surface area contributed by atoms with Crippen molar-refractivity contribution in [3.63, 3.8) is 0 Å². The van der Waals surface area contributed by atoms with Crippen LogP contribution in [0.2, 0.25) is 0 Å². The fourth-order valence-corrected chi connectivity index (χ4v) is 3.11. The molecule has 6 nitrogen and oxygen atoms in total. The number of imidazole rings is 1. The van der Waals surface area contributed by atoms with Gasteiger partial charge in [0.15, 0.2) is 5.69 Å². The third-order valence-corrected chi connectivity index (χ3v) is 4.27. The van der Waals surface area contributed by atoms with Crippen LogP contribution in [-0.2, 0) is 0 Å². The molecule has 2 aromatic rings. The van der Waals surface area contributed by atoms with Gasteiger partial charge < -0.3 is 10.2 Å². The number of likely N-dealkylation sites (tertiary alicyclic amines) is 1. The van der Waals surface area contributed by atoms with Gasteiger partial charge in [0.05, 0.1) is 5.52 Å². The summed E-state index contributed by atoms with van der Waals surface area (Å²) in [7, 11) is 0. The van der Waals surface area contributed by atoms with E-state index in [1.165, 1.54) is 0 Å². The summed E-state index contributed by atoms with van der Waals surface area (Å²) in [6.45, 7) is 5.32. The molecule has 128 valence electrons. The monoisotopic (exact) mass is 328 g/mol. The van der Waals surface area contributed by atoms with Gasteiger partial charge >= 0.3 is 0 Å². The smallest absolute Gasteiger partial charge is 0.287 e. The number of nitrogens with zero attached hydrogens (tertiary/aromatic N) is 3. The number of carbonyl (C=O) groups excluding carboxylic acids is 2. The van der Waals surface area contributed by atoms with E-state index < -0.39 is 0 Å². The molecule has 3 rings (SSSR count). The highest BCUT2D eigenvalue weighted by Crippen LogP contribution is 2.18. The van der Waals surface area contributed by atoms with Crippen LogP contribution in [0.4, 0.5) is 0 Å². The van der Waals surface area contributed by atoms with E-state index in [0.717, 1.165) is 38.8 Å². The first-order chi connectivity index (χ1) is 11.6. The summed E-state index contributed by atoms with van der Waals surface area (Å²) in [5, 5.41) is 2.85. The van der Waals surface area contributed by atoms with Crippen molar-refractivity contribution >= 4 is 17.3 Å². The molecule has 2 amide bonds. The van der Waals surface area contributed by atoms with Crippen molar-refractivity contribution in [1.29, 1.82) is 0 Å². The highest BCUT2D eigenvalue weighted by Gasteiger charge is 2.25. The zero-order valence-electron chi connectivity index (χ0n) is 14.3. The van der Waals surface area contributed by atoms with Crippen LogP contribution in [0.5, 0.6) is 0 Å². The van der Waals surface area contributed by atoms with E-state index in [0.29, 0.717) is 11.2 Å². The van der Waals surface area contributed by atoms with Crippen molar-refractivity contribution in [3.8, 4) is 0 Å². The Morgan fingerprint density at radius 1 is 1.12 bits per heavy atom. The maximum atomic E-state index is 12.9. The minimum absolute atomic E-state index is 0.0123. The Bertz CT molecular complexity index is 743. The van der Waals surface area contributed by atoms with Crippen LogP contribution in [-0.4, -0.2) is 45.2 Å². The standard InChI is InChI=1S/C18H24N4O2/c1-13(2)19-17(23)16-20-15(14-9-5-8-12-22(14)16)18(24)21-10-6-3-4-7-11-21/h5,8-9,12-13H,3-4,6-7,10-11H2,1-2H3,(H,19,23). The summed E-state index contributed by atoms with van der Waals surface area (Å²) in [5.74, 6) is -0.0808. The van der Waals surface area contributed by atoms with Crippen LogP contribution in [0.25, 0.3) is 5.52 Å². The molecule has 6 heteroatoms. The van der Waals surface area contributed by atoms with Gasteiger partial charge in [-0.3, -0.25) is 14.0 Å². The molecule has 0 saturated carbocycles. The van der Waals surface area contributed by atoms with E-state index >= 15 is 0 Å². The minimum Gasteiger partial charge on any atom is -0.347 e. The molecule has 2 aromatic heterocycles. The average molecular weight is 328 g/mol. The Hall–Kier alpha value is -2.37. The van der Waals surface area contributed by atoms with Crippen molar-refractivity contribution < 1.29 is 9.59 Å². The number of nitrogens with one attached hydrogen (secondary N) is 1. The van der Waals surface area contributed by atoms with Crippen LogP contribution >= 0.6 is 0 Å². The predicted octanol–water partition coefficient (Wildman–Crippen LogP) is 2.49. The van der Waals surface area contributed by atoms with Gasteiger partial charge in [-0.1, -0.05) is 18.9 Å². The number of amides is 2. The topological polar surface area (TPSA) is 66.7 Å². The van der Waals surface area contributed by atoms with Crippen molar-refractivity contribution in [2.75, 3.05) is 13.1 Å². The Kier molecular flexibility index (Phi) is 4.83. The van der Waals surface area contributed by atoms with E-state index in [2.05, 4.69) is 10.3 Å². The molecule has 24 heavy (non-hydrogen) atoms. The van der Waals surface area contributed by atoms with Crippen LogP contribution in [0.1, 0.15) is 60.6 Å². The predicted molar refractivity (Wildman–Crippen MR) is 92.2 cm³/mol. The Labute approximate surface area is 141 Å². The molecule has 0 aromatic carbocycles. The molecule has 1 aliphatic rings. The molecule has 0 unspecified atom stereocenters. The van der Waals surface area contributed by atoms with Crippen LogP contribution in [0, 0.1) is 0 Å². The Morgan fingerprint density at radius 2 is 1.83 bits per heavy atom. The molecule has 0 bridgehead atoms. The second-order valence-corrected chi connectivity index (χ2v) is 6.57. The molecule has 1 fully saturated rings. The summed E-state index contributed by atoms with van der Waals surface area (Å²) in [4.78, 5) is 31.6. The summed E-state index contributed by atoms with van der Waals surface area (Å²) in [6, 6.07) is 5.55. The van der Waals surface area contributed by atoms with E-state index in [4.69, 9.17) is 0 Å². The second kappa shape index (κ2) is 7.03. The SMILES string of the molecule is CC(C)NC(=O)c1nc(C(=O)N2CCCCCC2)c2ccccn12. The highest BCUT2D eigenvalue weighted by atomic mass is 16.2. The zero-order valence-corrected chi connectivity index (χ0v) is 14.3. The maximum Gasteiger partial charge on any atom is 0.287 e. The number of aromatic nitrogens is 2. The van der Waals surface area contributed by atoms with Crippen LogP contribution < -0.4 is 5.32 Å². The van der Waals surface area contributed by atoms with Gasteiger partial charge in [0.1, 0.15) is 0 Å². The van der Waals surface area contributed by atoms with E-state index in [1.807, 2.05) is 36.9 Å². The number of pyridine rings is 1. The molecule has 0 atom stereocenters. The number of fused-ring (bicyclic) bond motifs is 1. The molecule has 0 radical (unpaired) electrons. The van der Waals surface area contributed by atoms with E-state index in [1.54, 1.807) is 10.6 Å². The lowest BCUT2D eigenvalue weighted by molar-refractivity contribution is 0.0758. The normalized spacial score (nSPS) is 15.5. The number of hydrogen-bond acceptors (Lipinski definition) is 3. The Morgan fingerprint density at radius 3 is 2.50 bits per heavy atom. The summed E-state index contributed by atoms with van der Waals surface area (Å²) < 4.78 is 1.70. The van der Waals surface area contributed by atoms with Gasteiger partial charge in [0.2, 0.25) is 5.82 Å². The fraction of sp³-hybridized carbons (Fsp3) is 0.500. The number of rotatable bonds is 3. The van der Waals surface area contributed by atoms with Gasteiger partial charge in [-0.25, -0.2) is 4.98 Å². The second-order valence-electron chi connectivity index (χ2n) is 6.57. The highest BCUT2D eigenvalue weighted by molar-refractivity contribution is 6.02. The van der Waals surface area contributed by atoms with Crippen molar-refractivity contribution in [3.05, 3.63) is 35.9 Å². The van der Waals surface area contributed by atoms with Gasteiger partial charge in [0, 0.05) is 25.3 Å².